The summed E-state index contributed by atoms with van der Waals surface area (Å²) in [4.78, 5) is 11.0. The second kappa shape index (κ2) is 5.51. The molecule has 0 radical (unpaired) electrons. The van der Waals surface area contributed by atoms with Gasteiger partial charge in [-0.05, 0) is 42.5 Å². The van der Waals surface area contributed by atoms with Crippen LogP contribution in [0.25, 0.3) is 22.3 Å². The molecular formula is C16H13Cl2N3. The molecule has 3 rings (SSSR count). The maximum absolute atomic E-state index is 6.32. The average Bonchev–Trinajstić information content (AvgIpc) is 2.47. The molecule has 0 aliphatic carbocycles. The van der Waals surface area contributed by atoms with Gasteiger partial charge in [0.25, 0.3) is 0 Å². The second-order valence-corrected chi connectivity index (χ2v) is 5.74. The number of hydrogen-bond acceptors (Lipinski definition) is 3. The van der Waals surface area contributed by atoms with Gasteiger partial charge in [0.1, 0.15) is 5.15 Å². The number of anilines is 1. The Labute approximate surface area is 133 Å². The monoisotopic (exact) mass is 317 g/mol. The third kappa shape index (κ3) is 2.80. The van der Waals surface area contributed by atoms with Crippen molar-refractivity contribution in [1.82, 2.24) is 9.97 Å². The molecule has 3 nitrogen and oxygen atoms in total. The standard InChI is InChI=1S/C16H13Cl2N3/c1-21(2)12-7-8-14-13(9-12)15(18)20-16(19-14)10-3-5-11(17)6-4-10/h3-9H,1-2H3. The Morgan fingerprint density at radius 1 is 0.905 bits per heavy atom. The fourth-order valence-electron chi connectivity index (χ4n) is 2.09. The topological polar surface area (TPSA) is 29.0 Å². The van der Waals surface area contributed by atoms with E-state index < -0.39 is 0 Å². The van der Waals surface area contributed by atoms with E-state index in [-0.39, 0.29) is 0 Å². The zero-order chi connectivity index (χ0) is 15.0. The van der Waals surface area contributed by atoms with Crippen LogP contribution < -0.4 is 4.90 Å². The van der Waals surface area contributed by atoms with Crippen LogP contribution in [-0.2, 0) is 0 Å². The zero-order valence-corrected chi connectivity index (χ0v) is 13.2. The molecule has 0 amide bonds. The van der Waals surface area contributed by atoms with Crippen molar-refractivity contribution >= 4 is 39.8 Å². The SMILES string of the molecule is CN(C)c1ccc2nc(-c3ccc(Cl)cc3)nc(Cl)c2c1. The van der Waals surface area contributed by atoms with Gasteiger partial charge in [-0.3, -0.25) is 0 Å². The molecule has 1 aromatic heterocycles. The van der Waals surface area contributed by atoms with Crippen molar-refractivity contribution in [3.05, 3.63) is 52.6 Å². The minimum atomic E-state index is 0.452. The lowest BCUT2D eigenvalue weighted by molar-refractivity contribution is 1.13. The van der Waals surface area contributed by atoms with E-state index in [1.165, 1.54) is 0 Å². The fraction of sp³-hybridized carbons (Fsp3) is 0.125. The quantitative estimate of drug-likeness (QED) is 0.643. The van der Waals surface area contributed by atoms with Gasteiger partial charge in [0.2, 0.25) is 0 Å². The first-order valence-electron chi connectivity index (χ1n) is 6.45. The first-order valence-corrected chi connectivity index (χ1v) is 7.21. The van der Waals surface area contributed by atoms with Crippen LogP contribution in [0.1, 0.15) is 0 Å². The first-order chi connectivity index (χ1) is 10.0. The summed E-state index contributed by atoms with van der Waals surface area (Å²) in [6.07, 6.45) is 0. The van der Waals surface area contributed by atoms with Crippen molar-refractivity contribution in [3.8, 4) is 11.4 Å². The summed E-state index contributed by atoms with van der Waals surface area (Å²) in [5.74, 6) is 0.599. The highest BCUT2D eigenvalue weighted by Crippen LogP contribution is 2.28. The first kappa shape index (κ1) is 14.1. The van der Waals surface area contributed by atoms with Crippen molar-refractivity contribution < 1.29 is 0 Å². The van der Waals surface area contributed by atoms with Crippen LogP contribution in [0.4, 0.5) is 5.69 Å². The molecule has 0 atom stereocenters. The lowest BCUT2D eigenvalue weighted by Gasteiger charge is -2.13. The Bertz CT molecular complexity index is 798. The fourth-order valence-corrected chi connectivity index (χ4v) is 2.44. The molecule has 0 unspecified atom stereocenters. The highest BCUT2D eigenvalue weighted by Gasteiger charge is 2.09. The Balaban J connectivity index is 2.15. The van der Waals surface area contributed by atoms with Gasteiger partial charge in [0.15, 0.2) is 5.82 Å². The van der Waals surface area contributed by atoms with Crippen LogP contribution in [0.5, 0.6) is 0 Å². The minimum Gasteiger partial charge on any atom is -0.378 e. The van der Waals surface area contributed by atoms with Gasteiger partial charge in [0.05, 0.1) is 5.52 Å². The molecule has 0 spiro atoms. The summed E-state index contributed by atoms with van der Waals surface area (Å²) in [6, 6.07) is 13.3. The van der Waals surface area contributed by atoms with Gasteiger partial charge in [-0.25, -0.2) is 9.97 Å². The van der Waals surface area contributed by atoms with Crippen LogP contribution in [0, 0.1) is 0 Å². The number of halogens is 2. The van der Waals surface area contributed by atoms with E-state index in [2.05, 4.69) is 9.97 Å². The van der Waals surface area contributed by atoms with Gasteiger partial charge in [0, 0.05) is 35.8 Å². The molecule has 0 saturated heterocycles. The van der Waals surface area contributed by atoms with Crippen molar-refractivity contribution in [3.63, 3.8) is 0 Å². The summed E-state index contributed by atoms with van der Waals surface area (Å²) in [5.41, 5.74) is 2.78. The smallest absolute Gasteiger partial charge is 0.161 e. The number of rotatable bonds is 2. The Morgan fingerprint density at radius 2 is 1.62 bits per heavy atom. The molecule has 0 fully saturated rings. The predicted molar refractivity (Wildman–Crippen MR) is 89.3 cm³/mol. The van der Waals surface area contributed by atoms with Gasteiger partial charge in [-0.15, -0.1) is 0 Å². The van der Waals surface area contributed by atoms with E-state index in [4.69, 9.17) is 23.2 Å². The summed E-state index contributed by atoms with van der Waals surface area (Å²) in [7, 11) is 3.97. The highest BCUT2D eigenvalue weighted by molar-refractivity contribution is 6.34. The van der Waals surface area contributed by atoms with E-state index in [0.717, 1.165) is 22.2 Å². The van der Waals surface area contributed by atoms with Gasteiger partial charge >= 0.3 is 0 Å². The molecule has 0 saturated carbocycles. The van der Waals surface area contributed by atoms with Crippen LogP contribution >= 0.6 is 23.2 Å². The average molecular weight is 318 g/mol. The molecule has 3 aromatic rings. The summed E-state index contributed by atoms with van der Waals surface area (Å²) in [5, 5.41) is 1.98. The number of aromatic nitrogens is 2. The lowest BCUT2D eigenvalue weighted by Crippen LogP contribution is -2.08. The molecule has 21 heavy (non-hydrogen) atoms. The van der Waals surface area contributed by atoms with Gasteiger partial charge in [-0.1, -0.05) is 23.2 Å². The van der Waals surface area contributed by atoms with Crippen molar-refractivity contribution in [2.75, 3.05) is 19.0 Å². The Hall–Kier alpha value is -1.84. The largest absolute Gasteiger partial charge is 0.378 e. The normalized spacial score (nSPS) is 10.9. The number of hydrogen-bond donors (Lipinski definition) is 0. The van der Waals surface area contributed by atoms with E-state index in [1.54, 1.807) is 0 Å². The van der Waals surface area contributed by atoms with Crippen LogP contribution in [0.15, 0.2) is 42.5 Å². The number of nitrogens with zero attached hydrogens (tertiary/aromatic N) is 3. The highest BCUT2D eigenvalue weighted by atomic mass is 35.5. The van der Waals surface area contributed by atoms with Gasteiger partial charge < -0.3 is 4.90 Å². The third-order valence-electron chi connectivity index (χ3n) is 3.25. The van der Waals surface area contributed by atoms with E-state index in [9.17, 15) is 0 Å². The maximum atomic E-state index is 6.32. The molecule has 2 aromatic carbocycles. The summed E-state index contributed by atoms with van der Waals surface area (Å²) >= 11 is 12.2. The molecule has 0 aliphatic rings. The van der Waals surface area contributed by atoms with Crippen LogP contribution in [-0.4, -0.2) is 24.1 Å². The molecular weight excluding hydrogens is 305 g/mol. The zero-order valence-electron chi connectivity index (χ0n) is 11.6. The molecule has 5 heteroatoms. The molecule has 0 N–H and O–H groups in total. The van der Waals surface area contributed by atoms with E-state index in [0.29, 0.717) is 16.0 Å². The number of fused-ring (bicyclic) bond motifs is 1. The second-order valence-electron chi connectivity index (χ2n) is 4.94. The van der Waals surface area contributed by atoms with Crippen LogP contribution in [0.2, 0.25) is 10.2 Å². The summed E-state index contributed by atoms with van der Waals surface area (Å²) in [6.45, 7) is 0. The maximum Gasteiger partial charge on any atom is 0.161 e. The van der Waals surface area contributed by atoms with Crippen molar-refractivity contribution in [1.29, 1.82) is 0 Å². The predicted octanol–water partition coefficient (Wildman–Crippen LogP) is 4.67. The molecule has 0 bridgehead atoms. The summed E-state index contributed by atoms with van der Waals surface area (Å²) < 4.78 is 0. The van der Waals surface area contributed by atoms with Crippen molar-refractivity contribution in [2.45, 2.75) is 0 Å². The van der Waals surface area contributed by atoms with Crippen LogP contribution in [0.3, 0.4) is 0 Å². The third-order valence-corrected chi connectivity index (χ3v) is 3.79. The number of benzene rings is 2. The molecule has 0 aliphatic heterocycles. The van der Waals surface area contributed by atoms with E-state index >= 15 is 0 Å². The Morgan fingerprint density at radius 3 is 2.29 bits per heavy atom. The lowest BCUT2D eigenvalue weighted by atomic mass is 10.2. The van der Waals surface area contributed by atoms with Gasteiger partial charge in [-0.2, -0.15) is 0 Å². The minimum absolute atomic E-state index is 0.452. The molecule has 1 heterocycles. The molecule has 106 valence electrons. The Kier molecular flexibility index (Phi) is 3.70. The van der Waals surface area contributed by atoms with Crippen molar-refractivity contribution in [2.24, 2.45) is 0 Å². The van der Waals surface area contributed by atoms with E-state index in [1.807, 2.05) is 61.5 Å².